The van der Waals surface area contributed by atoms with Gasteiger partial charge < -0.3 is 0 Å². The normalized spacial score (nSPS) is 13.9. The molecule has 3 aromatic rings. The van der Waals surface area contributed by atoms with Gasteiger partial charge in [-0.15, -0.1) is 0 Å². The first-order chi connectivity index (χ1) is 11.4. The number of aromatic nitrogens is 1. The maximum Gasteiger partial charge on any atom is 0.0665 e. The Morgan fingerprint density at radius 2 is 1.61 bits per heavy atom. The van der Waals surface area contributed by atoms with E-state index in [2.05, 4.69) is 59.6 Å². The van der Waals surface area contributed by atoms with Gasteiger partial charge in [-0.3, -0.25) is 9.98 Å². The first-order valence-electron chi connectivity index (χ1n) is 8.04. The van der Waals surface area contributed by atoms with Gasteiger partial charge in [0.2, 0.25) is 0 Å². The van der Waals surface area contributed by atoms with Crippen LogP contribution in [0.3, 0.4) is 0 Å². The first-order valence-corrected chi connectivity index (χ1v) is 8.04. The van der Waals surface area contributed by atoms with Crippen LogP contribution in [-0.4, -0.2) is 10.7 Å². The van der Waals surface area contributed by atoms with Gasteiger partial charge in [0.25, 0.3) is 0 Å². The van der Waals surface area contributed by atoms with Crippen molar-refractivity contribution in [1.29, 1.82) is 0 Å². The first kappa shape index (κ1) is 13.9. The minimum Gasteiger partial charge on any atom is -0.261 e. The van der Waals surface area contributed by atoms with Gasteiger partial charge in [-0.1, -0.05) is 60.7 Å². The fourth-order valence-electron chi connectivity index (χ4n) is 2.96. The van der Waals surface area contributed by atoms with Gasteiger partial charge in [-0.05, 0) is 29.9 Å². The van der Waals surface area contributed by atoms with Gasteiger partial charge in [0.15, 0.2) is 0 Å². The van der Waals surface area contributed by atoms with Crippen molar-refractivity contribution in [3.05, 3.63) is 84.2 Å². The lowest BCUT2D eigenvalue weighted by molar-refractivity contribution is 0.969. The highest BCUT2D eigenvalue weighted by Gasteiger charge is 2.10. The van der Waals surface area contributed by atoms with Gasteiger partial charge >= 0.3 is 0 Å². The number of pyridine rings is 1. The summed E-state index contributed by atoms with van der Waals surface area (Å²) in [6, 6.07) is 20.9. The van der Waals surface area contributed by atoms with Gasteiger partial charge in [-0.2, -0.15) is 0 Å². The average Bonchev–Trinajstić information content (AvgIpc) is 3.10. The molecule has 4 rings (SSSR count). The Kier molecular flexibility index (Phi) is 3.73. The number of benzene rings is 2. The van der Waals surface area contributed by atoms with E-state index in [4.69, 9.17) is 4.99 Å². The minimum absolute atomic E-state index is 0.944. The highest BCUT2D eigenvalue weighted by atomic mass is 14.8. The van der Waals surface area contributed by atoms with E-state index >= 15 is 0 Å². The van der Waals surface area contributed by atoms with Crippen molar-refractivity contribution >= 4 is 22.2 Å². The van der Waals surface area contributed by atoms with Crippen molar-refractivity contribution in [2.24, 2.45) is 4.99 Å². The van der Waals surface area contributed by atoms with Gasteiger partial charge in [-0.25, -0.2) is 0 Å². The Labute approximate surface area is 136 Å². The van der Waals surface area contributed by atoms with Crippen LogP contribution in [0.1, 0.15) is 24.1 Å². The summed E-state index contributed by atoms with van der Waals surface area (Å²) in [4.78, 5) is 9.36. The van der Waals surface area contributed by atoms with Crippen molar-refractivity contribution in [3.63, 3.8) is 0 Å². The van der Waals surface area contributed by atoms with E-state index in [1.54, 1.807) is 0 Å². The van der Waals surface area contributed by atoms with Gasteiger partial charge in [0.05, 0.1) is 5.70 Å². The van der Waals surface area contributed by atoms with E-state index < -0.39 is 0 Å². The Morgan fingerprint density at radius 1 is 0.826 bits per heavy atom. The van der Waals surface area contributed by atoms with E-state index in [9.17, 15) is 0 Å². The summed E-state index contributed by atoms with van der Waals surface area (Å²) in [7, 11) is 0. The van der Waals surface area contributed by atoms with Crippen molar-refractivity contribution in [1.82, 2.24) is 4.98 Å². The summed E-state index contributed by atoms with van der Waals surface area (Å²) in [6.45, 7) is 0. The molecule has 0 saturated heterocycles. The van der Waals surface area contributed by atoms with Crippen molar-refractivity contribution in [3.8, 4) is 0 Å². The Bertz CT molecular complexity index is 892. The number of fused-ring (bicyclic) bond motifs is 1. The molecule has 2 nitrogen and oxygen atoms in total. The molecule has 1 aliphatic heterocycles. The molecule has 2 heteroatoms. The SMILES string of the molecule is C1=C(c2ccccc2)N=C(CCc2cc3ccccc3cn2)C1. The van der Waals surface area contributed by atoms with Crippen LogP contribution in [0.5, 0.6) is 0 Å². The fourth-order valence-corrected chi connectivity index (χ4v) is 2.96. The van der Waals surface area contributed by atoms with Crippen LogP contribution in [0.25, 0.3) is 16.5 Å². The van der Waals surface area contributed by atoms with E-state index in [0.29, 0.717) is 0 Å². The molecule has 2 heterocycles. The molecule has 23 heavy (non-hydrogen) atoms. The second-order valence-electron chi connectivity index (χ2n) is 5.86. The quantitative estimate of drug-likeness (QED) is 0.661. The molecule has 0 atom stereocenters. The van der Waals surface area contributed by atoms with Gasteiger partial charge in [0.1, 0.15) is 0 Å². The Balaban J connectivity index is 1.45. The third-order valence-corrected chi connectivity index (χ3v) is 4.24. The van der Waals surface area contributed by atoms with Crippen LogP contribution < -0.4 is 0 Å². The number of rotatable bonds is 4. The van der Waals surface area contributed by atoms with E-state index in [0.717, 1.165) is 30.7 Å². The topological polar surface area (TPSA) is 25.2 Å². The van der Waals surface area contributed by atoms with Gasteiger partial charge in [0, 0.05) is 29.4 Å². The number of aryl methyl sites for hydroxylation is 1. The zero-order valence-corrected chi connectivity index (χ0v) is 12.9. The lowest BCUT2D eigenvalue weighted by Gasteiger charge is -2.03. The van der Waals surface area contributed by atoms with Crippen LogP contribution in [0.4, 0.5) is 0 Å². The molecule has 0 spiro atoms. The predicted octanol–water partition coefficient (Wildman–Crippen LogP) is 5.05. The van der Waals surface area contributed by atoms with E-state index in [-0.39, 0.29) is 0 Å². The molecule has 2 aromatic carbocycles. The summed E-state index contributed by atoms with van der Waals surface area (Å²) < 4.78 is 0. The number of nitrogens with zero attached hydrogens (tertiary/aromatic N) is 2. The van der Waals surface area contributed by atoms with Crippen LogP contribution >= 0.6 is 0 Å². The second-order valence-corrected chi connectivity index (χ2v) is 5.86. The summed E-state index contributed by atoms with van der Waals surface area (Å²) in [5.74, 6) is 0. The van der Waals surface area contributed by atoms with Crippen molar-refractivity contribution < 1.29 is 0 Å². The molecule has 0 radical (unpaired) electrons. The molecule has 1 aliphatic rings. The second kappa shape index (κ2) is 6.17. The van der Waals surface area contributed by atoms with Crippen LogP contribution in [0.2, 0.25) is 0 Å². The molecule has 0 aliphatic carbocycles. The average molecular weight is 298 g/mol. The van der Waals surface area contributed by atoms with Crippen LogP contribution in [0, 0.1) is 0 Å². The predicted molar refractivity (Wildman–Crippen MR) is 96.5 cm³/mol. The van der Waals surface area contributed by atoms with E-state index in [1.165, 1.54) is 22.0 Å². The highest BCUT2D eigenvalue weighted by molar-refractivity contribution is 5.96. The molecular weight excluding hydrogens is 280 g/mol. The van der Waals surface area contributed by atoms with Crippen LogP contribution in [0.15, 0.2) is 77.9 Å². The zero-order chi connectivity index (χ0) is 15.5. The largest absolute Gasteiger partial charge is 0.261 e. The fraction of sp³-hybridized carbons (Fsp3) is 0.143. The Hall–Kier alpha value is -2.74. The maximum absolute atomic E-state index is 4.79. The molecule has 1 aromatic heterocycles. The van der Waals surface area contributed by atoms with E-state index in [1.807, 2.05) is 18.3 Å². The third-order valence-electron chi connectivity index (χ3n) is 4.24. The molecule has 0 N–H and O–H groups in total. The smallest absolute Gasteiger partial charge is 0.0665 e. The number of hydrogen-bond donors (Lipinski definition) is 0. The molecular formula is C21H18N2. The molecule has 0 bridgehead atoms. The molecule has 0 amide bonds. The number of aliphatic imine (C=N–C) groups is 1. The highest BCUT2D eigenvalue weighted by Crippen LogP contribution is 2.23. The lowest BCUT2D eigenvalue weighted by Crippen LogP contribution is -1.98. The molecule has 0 fully saturated rings. The van der Waals surface area contributed by atoms with Crippen LogP contribution in [-0.2, 0) is 6.42 Å². The van der Waals surface area contributed by atoms with Crippen molar-refractivity contribution in [2.75, 3.05) is 0 Å². The van der Waals surface area contributed by atoms with Crippen molar-refractivity contribution in [2.45, 2.75) is 19.3 Å². The molecule has 0 unspecified atom stereocenters. The monoisotopic (exact) mass is 298 g/mol. The zero-order valence-electron chi connectivity index (χ0n) is 12.9. The summed E-state index contributed by atoms with van der Waals surface area (Å²) in [6.07, 6.45) is 7.06. The Morgan fingerprint density at radius 3 is 2.48 bits per heavy atom. The molecule has 112 valence electrons. The number of allylic oxidation sites excluding steroid dienone is 1. The maximum atomic E-state index is 4.79. The minimum atomic E-state index is 0.944. The molecule has 0 saturated carbocycles. The summed E-state index contributed by atoms with van der Waals surface area (Å²) in [5, 5.41) is 2.46. The summed E-state index contributed by atoms with van der Waals surface area (Å²) >= 11 is 0. The lowest BCUT2D eigenvalue weighted by atomic mass is 10.1. The summed E-state index contributed by atoms with van der Waals surface area (Å²) in [5.41, 5.74) is 4.69. The standard InChI is InChI=1S/C21H18N2/c1-2-6-16(7-3-1)21-13-12-19(23-21)10-11-20-14-17-8-4-5-9-18(17)15-22-20/h1-9,13-15H,10-12H2. The number of hydrogen-bond acceptors (Lipinski definition) is 2. The third kappa shape index (κ3) is 3.07.